The van der Waals surface area contributed by atoms with Gasteiger partial charge in [-0.15, -0.1) is 21.8 Å². The molecule has 84 valence electrons. The van der Waals surface area contributed by atoms with E-state index in [0.717, 1.165) is 0 Å². The van der Waals surface area contributed by atoms with Crippen LogP contribution in [0.2, 0.25) is 0 Å². The zero-order valence-electron chi connectivity index (χ0n) is 8.19. The van der Waals surface area contributed by atoms with Crippen molar-refractivity contribution in [1.82, 2.24) is 10.2 Å². The quantitative estimate of drug-likeness (QED) is 0.773. The molecule has 0 saturated heterocycles. The number of nitrogens with zero attached hydrogens (tertiary/aromatic N) is 2. The highest BCUT2D eigenvalue weighted by Gasteiger charge is 2.07. The minimum absolute atomic E-state index is 0.0187. The van der Waals surface area contributed by atoms with Gasteiger partial charge in [0, 0.05) is 0 Å². The molecular formula is C10H8ClFN2O2. The van der Waals surface area contributed by atoms with E-state index in [-0.39, 0.29) is 24.1 Å². The molecule has 0 atom stereocenters. The fraction of sp³-hybridized carbons (Fsp3) is 0.200. The lowest BCUT2D eigenvalue weighted by Gasteiger charge is -2.03. The number of rotatable bonds is 4. The Morgan fingerprint density at radius 2 is 2.00 bits per heavy atom. The zero-order valence-corrected chi connectivity index (χ0v) is 8.95. The highest BCUT2D eigenvalue weighted by molar-refractivity contribution is 6.16. The molecule has 16 heavy (non-hydrogen) atoms. The molecule has 4 nitrogen and oxygen atoms in total. The smallest absolute Gasteiger partial charge is 0.253 e. The molecule has 0 amide bonds. The van der Waals surface area contributed by atoms with Crippen LogP contribution in [0.1, 0.15) is 11.8 Å². The molecule has 1 heterocycles. The van der Waals surface area contributed by atoms with Gasteiger partial charge in [0.1, 0.15) is 5.88 Å². The van der Waals surface area contributed by atoms with Gasteiger partial charge in [0.25, 0.3) is 5.89 Å². The molecule has 0 aliphatic heterocycles. The van der Waals surface area contributed by atoms with Crippen molar-refractivity contribution in [3.8, 4) is 5.75 Å². The van der Waals surface area contributed by atoms with Crippen LogP contribution in [-0.4, -0.2) is 10.2 Å². The molecule has 6 heteroatoms. The van der Waals surface area contributed by atoms with Crippen molar-refractivity contribution in [2.24, 2.45) is 0 Å². The van der Waals surface area contributed by atoms with Crippen molar-refractivity contribution in [3.05, 3.63) is 41.9 Å². The minimum Gasteiger partial charge on any atom is -0.481 e. The third-order valence-corrected chi connectivity index (χ3v) is 2.04. The maximum Gasteiger partial charge on any atom is 0.253 e. The van der Waals surface area contributed by atoms with E-state index in [1.165, 1.54) is 12.1 Å². The van der Waals surface area contributed by atoms with E-state index in [9.17, 15) is 4.39 Å². The van der Waals surface area contributed by atoms with Gasteiger partial charge >= 0.3 is 0 Å². The molecule has 2 aromatic rings. The Morgan fingerprint density at radius 1 is 1.25 bits per heavy atom. The van der Waals surface area contributed by atoms with Crippen molar-refractivity contribution in [1.29, 1.82) is 0 Å². The summed E-state index contributed by atoms with van der Waals surface area (Å²) in [5, 5.41) is 7.33. The Labute approximate surface area is 96.0 Å². The summed E-state index contributed by atoms with van der Waals surface area (Å²) in [4.78, 5) is 0. The van der Waals surface area contributed by atoms with E-state index in [4.69, 9.17) is 20.8 Å². The van der Waals surface area contributed by atoms with E-state index in [1.54, 1.807) is 12.1 Å². The Balaban J connectivity index is 1.99. The number of aromatic nitrogens is 2. The Kier molecular flexibility index (Phi) is 3.36. The number of ether oxygens (including phenoxy) is 1. The van der Waals surface area contributed by atoms with Crippen LogP contribution in [0, 0.1) is 5.82 Å². The number of hydrogen-bond acceptors (Lipinski definition) is 4. The van der Waals surface area contributed by atoms with Crippen molar-refractivity contribution >= 4 is 11.6 Å². The molecule has 0 unspecified atom stereocenters. The molecule has 0 radical (unpaired) electrons. The van der Waals surface area contributed by atoms with Gasteiger partial charge in [-0.25, -0.2) is 4.39 Å². The second kappa shape index (κ2) is 4.94. The molecule has 2 rings (SSSR count). The van der Waals surface area contributed by atoms with Gasteiger partial charge in [-0.3, -0.25) is 0 Å². The first-order valence-corrected chi connectivity index (χ1v) is 5.07. The average molecular weight is 243 g/mol. The largest absolute Gasteiger partial charge is 0.481 e. The predicted octanol–water partition coefficient (Wildman–Crippen LogP) is 2.53. The van der Waals surface area contributed by atoms with Crippen LogP contribution < -0.4 is 4.74 Å². The van der Waals surface area contributed by atoms with Gasteiger partial charge in [0.15, 0.2) is 18.2 Å². The summed E-state index contributed by atoms with van der Waals surface area (Å²) in [6.07, 6.45) is 0. The lowest BCUT2D eigenvalue weighted by Crippen LogP contribution is -1.97. The molecule has 1 aromatic carbocycles. The molecule has 0 aliphatic rings. The van der Waals surface area contributed by atoms with Crippen LogP contribution in [-0.2, 0) is 12.5 Å². The summed E-state index contributed by atoms with van der Waals surface area (Å²) >= 11 is 5.49. The highest BCUT2D eigenvalue weighted by Crippen LogP contribution is 2.16. The van der Waals surface area contributed by atoms with E-state index >= 15 is 0 Å². The van der Waals surface area contributed by atoms with Gasteiger partial charge in [0.2, 0.25) is 5.89 Å². The van der Waals surface area contributed by atoms with Gasteiger partial charge < -0.3 is 9.15 Å². The number of alkyl halides is 1. The van der Waals surface area contributed by atoms with Gasteiger partial charge in [-0.05, 0) is 12.1 Å². The fourth-order valence-electron chi connectivity index (χ4n) is 1.10. The summed E-state index contributed by atoms with van der Waals surface area (Å²) in [6.45, 7) is 0.0187. The lowest BCUT2D eigenvalue weighted by molar-refractivity contribution is 0.249. The second-order valence-electron chi connectivity index (χ2n) is 2.94. The molecule has 0 N–H and O–H groups in total. The molecule has 0 spiro atoms. The van der Waals surface area contributed by atoms with Gasteiger partial charge in [-0.1, -0.05) is 12.1 Å². The van der Waals surface area contributed by atoms with Gasteiger partial charge in [0.05, 0.1) is 0 Å². The third-order valence-electron chi connectivity index (χ3n) is 1.81. The lowest BCUT2D eigenvalue weighted by atomic mass is 10.3. The van der Waals surface area contributed by atoms with Crippen molar-refractivity contribution < 1.29 is 13.5 Å². The van der Waals surface area contributed by atoms with Gasteiger partial charge in [-0.2, -0.15) is 0 Å². The zero-order chi connectivity index (χ0) is 11.4. The van der Waals surface area contributed by atoms with E-state index in [0.29, 0.717) is 5.89 Å². The van der Waals surface area contributed by atoms with Crippen molar-refractivity contribution in [2.45, 2.75) is 12.5 Å². The molecule has 0 bridgehead atoms. The van der Waals surface area contributed by atoms with Crippen molar-refractivity contribution in [2.75, 3.05) is 0 Å². The van der Waals surface area contributed by atoms with E-state index in [2.05, 4.69) is 10.2 Å². The topological polar surface area (TPSA) is 48.2 Å². The predicted molar refractivity (Wildman–Crippen MR) is 54.6 cm³/mol. The summed E-state index contributed by atoms with van der Waals surface area (Å²) in [6, 6.07) is 6.10. The van der Waals surface area contributed by atoms with E-state index in [1.807, 2.05) is 0 Å². The monoisotopic (exact) mass is 242 g/mol. The molecule has 0 saturated carbocycles. The second-order valence-corrected chi connectivity index (χ2v) is 3.21. The Bertz CT molecular complexity index is 475. The number of benzene rings is 1. The molecular weight excluding hydrogens is 235 g/mol. The SMILES string of the molecule is Fc1ccccc1OCc1nnc(CCl)o1. The first-order valence-electron chi connectivity index (χ1n) is 4.54. The number of hydrogen-bond donors (Lipinski definition) is 0. The van der Waals surface area contributed by atoms with Crippen LogP contribution in [0.15, 0.2) is 28.7 Å². The maximum absolute atomic E-state index is 13.2. The number of halogens is 2. The Hall–Kier alpha value is -1.62. The third kappa shape index (κ3) is 2.49. The van der Waals surface area contributed by atoms with Crippen LogP contribution in [0.5, 0.6) is 5.75 Å². The first-order chi connectivity index (χ1) is 7.79. The summed E-state index contributed by atoms with van der Waals surface area (Å²) < 4.78 is 23.4. The molecule has 1 aromatic heterocycles. The normalized spacial score (nSPS) is 10.4. The first kappa shape index (κ1) is 10.9. The molecule has 0 fully saturated rings. The van der Waals surface area contributed by atoms with Crippen LogP contribution in [0.25, 0.3) is 0 Å². The van der Waals surface area contributed by atoms with E-state index < -0.39 is 5.82 Å². The summed E-state index contributed by atoms with van der Waals surface area (Å²) in [7, 11) is 0. The fourth-order valence-corrected chi connectivity index (χ4v) is 1.21. The van der Waals surface area contributed by atoms with Crippen molar-refractivity contribution in [3.63, 3.8) is 0 Å². The average Bonchev–Trinajstić information content (AvgIpc) is 2.76. The maximum atomic E-state index is 13.2. The number of para-hydroxylation sites is 1. The Morgan fingerprint density at radius 3 is 2.69 bits per heavy atom. The highest BCUT2D eigenvalue weighted by atomic mass is 35.5. The van der Waals surface area contributed by atoms with Crippen LogP contribution >= 0.6 is 11.6 Å². The molecule has 0 aliphatic carbocycles. The minimum atomic E-state index is -0.431. The summed E-state index contributed by atoms with van der Waals surface area (Å²) in [5.41, 5.74) is 0. The van der Waals surface area contributed by atoms with Crippen LogP contribution in [0.3, 0.4) is 0 Å². The summed E-state index contributed by atoms with van der Waals surface area (Å²) in [5.74, 6) is 0.438. The van der Waals surface area contributed by atoms with Crippen LogP contribution in [0.4, 0.5) is 4.39 Å². The standard InChI is InChI=1S/C10H8ClFN2O2/c11-5-9-13-14-10(16-9)6-15-8-4-2-1-3-7(8)12/h1-4H,5-6H2.